The van der Waals surface area contributed by atoms with Crippen molar-refractivity contribution in [2.45, 2.75) is 289 Å². The standard InChI is InChI=1S/C56H111N2O6P/c1-6-8-10-12-14-16-18-20-22-24-26-27-28-29-30-32-33-35-37-39-41-43-45-47-49-55(59)54(53-64-65(61,62)63-52-51-58(3,4)5)57-56(60)50-48-46-44-42-40-38-36-34-31-25-23-21-19-17-15-13-11-9-7-2/h15,17,21,23,54-55,59H,6-14,16,18-20,22,24-53H2,1-5H3,(H-,57,60,61,62)/b17-15-,23-21-. The highest BCUT2D eigenvalue weighted by Crippen LogP contribution is 2.38. The molecule has 3 unspecified atom stereocenters. The van der Waals surface area contributed by atoms with Crippen molar-refractivity contribution >= 4 is 13.7 Å². The van der Waals surface area contributed by atoms with Crippen LogP contribution in [-0.4, -0.2) is 68.5 Å². The Bertz CT molecular complexity index is 1110. The number of carbonyl (C=O) groups is 1. The van der Waals surface area contributed by atoms with Gasteiger partial charge in [-0.25, -0.2) is 0 Å². The Morgan fingerprint density at radius 2 is 0.892 bits per heavy atom. The number of unbranched alkanes of at least 4 members (excludes halogenated alkanes) is 35. The number of aliphatic hydroxyl groups is 1. The van der Waals surface area contributed by atoms with Crippen molar-refractivity contribution in [3.63, 3.8) is 0 Å². The molecule has 0 saturated heterocycles. The predicted molar refractivity (Wildman–Crippen MR) is 279 cm³/mol. The van der Waals surface area contributed by atoms with Crippen molar-refractivity contribution in [3.05, 3.63) is 24.3 Å². The van der Waals surface area contributed by atoms with Crippen LogP contribution in [0.2, 0.25) is 0 Å². The third-order valence-electron chi connectivity index (χ3n) is 12.9. The molecule has 0 radical (unpaired) electrons. The molecule has 0 aromatic heterocycles. The van der Waals surface area contributed by atoms with Crippen LogP contribution in [0.3, 0.4) is 0 Å². The van der Waals surface area contributed by atoms with Crippen molar-refractivity contribution in [1.82, 2.24) is 5.32 Å². The van der Waals surface area contributed by atoms with E-state index in [0.717, 1.165) is 44.9 Å². The zero-order valence-electron chi connectivity index (χ0n) is 44.0. The van der Waals surface area contributed by atoms with Crippen LogP contribution < -0.4 is 10.2 Å². The molecule has 0 saturated carbocycles. The summed E-state index contributed by atoms with van der Waals surface area (Å²) in [5.41, 5.74) is 0. The van der Waals surface area contributed by atoms with Crippen molar-refractivity contribution < 1.29 is 32.9 Å². The summed E-state index contributed by atoms with van der Waals surface area (Å²) >= 11 is 0. The van der Waals surface area contributed by atoms with Gasteiger partial charge in [0.05, 0.1) is 39.9 Å². The van der Waals surface area contributed by atoms with Gasteiger partial charge in [-0.1, -0.05) is 250 Å². The Balaban J connectivity index is 4.17. The number of aliphatic hydroxyl groups excluding tert-OH is 1. The molecule has 0 fully saturated rings. The normalized spacial score (nSPS) is 14.1. The first-order valence-electron chi connectivity index (χ1n) is 28.2. The summed E-state index contributed by atoms with van der Waals surface area (Å²) in [6.07, 6.45) is 59.1. The Labute approximate surface area is 404 Å². The van der Waals surface area contributed by atoms with Gasteiger partial charge in [0, 0.05) is 6.42 Å². The van der Waals surface area contributed by atoms with Gasteiger partial charge in [-0.2, -0.15) is 0 Å². The molecule has 0 aromatic carbocycles. The minimum atomic E-state index is -4.57. The summed E-state index contributed by atoms with van der Waals surface area (Å²) in [7, 11) is 1.31. The second kappa shape index (κ2) is 48.0. The lowest BCUT2D eigenvalue weighted by Crippen LogP contribution is -2.46. The zero-order chi connectivity index (χ0) is 47.8. The van der Waals surface area contributed by atoms with Gasteiger partial charge in [-0.05, 0) is 44.9 Å². The molecule has 3 atom stereocenters. The summed E-state index contributed by atoms with van der Waals surface area (Å²) in [6, 6.07) is -0.802. The van der Waals surface area contributed by atoms with E-state index in [1.165, 1.54) is 205 Å². The minimum Gasteiger partial charge on any atom is -0.756 e. The van der Waals surface area contributed by atoms with E-state index in [1.807, 2.05) is 21.1 Å². The zero-order valence-corrected chi connectivity index (χ0v) is 44.9. The van der Waals surface area contributed by atoms with Gasteiger partial charge in [0.1, 0.15) is 13.2 Å². The number of hydrogen-bond donors (Lipinski definition) is 2. The molecule has 9 heteroatoms. The monoisotopic (exact) mass is 939 g/mol. The Morgan fingerprint density at radius 3 is 1.31 bits per heavy atom. The fourth-order valence-electron chi connectivity index (χ4n) is 8.48. The van der Waals surface area contributed by atoms with Crippen LogP contribution >= 0.6 is 7.82 Å². The fourth-order valence-corrected chi connectivity index (χ4v) is 9.21. The van der Waals surface area contributed by atoms with Crippen LogP contribution in [0.1, 0.15) is 277 Å². The van der Waals surface area contributed by atoms with Crippen LogP contribution in [0.15, 0.2) is 24.3 Å². The lowest BCUT2D eigenvalue weighted by molar-refractivity contribution is -0.870. The number of nitrogens with zero attached hydrogens (tertiary/aromatic N) is 1. The quantitative estimate of drug-likeness (QED) is 0.0272. The molecule has 8 nitrogen and oxygen atoms in total. The van der Waals surface area contributed by atoms with Gasteiger partial charge in [-0.3, -0.25) is 9.36 Å². The fraction of sp³-hybridized carbons (Fsp3) is 0.911. The molecule has 0 aliphatic rings. The van der Waals surface area contributed by atoms with E-state index in [9.17, 15) is 19.4 Å². The second-order valence-corrected chi connectivity index (χ2v) is 22.1. The highest BCUT2D eigenvalue weighted by atomic mass is 31.2. The van der Waals surface area contributed by atoms with Gasteiger partial charge < -0.3 is 28.8 Å². The van der Waals surface area contributed by atoms with Crippen molar-refractivity contribution in [3.8, 4) is 0 Å². The first kappa shape index (κ1) is 64.0. The van der Waals surface area contributed by atoms with Crippen LogP contribution in [0, 0.1) is 0 Å². The topological polar surface area (TPSA) is 108 Å². The van der Waals surface area contributed by atoms with E-state index < -0.39 is 20.0 Å². The number of amides is 1. The van der Waals surface area contributed by atoms with Crippen LogP contribution in [0.25, 0.3) is 0 Å². The van der Waals surface area contributed by atoms with E-state index in [-0.39, 0.29) is 19.1 Å². The van der Waals surface area contributed by atoms with E-state index in [2.05, 4.69) is 43.5 Å². The first-order valence-corrected chi connectivity index (χ1v) is 29.6. The number of carbonyl (C=O) groups excluding carboxylic acids is 1. The van der Waals surface area contributed by atoms with E-state index in [1.54, 1.807) is 0 Å². The lowest BCUT2D eigenvalue weighted by atomic mass is 10.0. The average molecular weight is 939 g/mol. The SMILES string of the molecule is CCCCC/C=C\C/C=C\CCCCCCCCCCCC(=O)NC(COP(=O)([O-])OCC[N+](C)(C)C)C(O)CCCCCCCCCCCCCCCCCCCCCCCCCC. The largest absolute Gasteiger partial charge is 0.756 e. The number of phosphoric ester groups is 1. The minimum absolute atomic E-state index is 0.0125. The third-order valence-corrected chi connectivity index (χ3v) is 13.9. The highest BCUT2D eigenvalue weighted by molar-refractivity contribution is 7.45. The van der Waals surface area contributed by atoms with Gasteiger partial charge >= 0.3 is 0 Å². The van der Waals surface area contributed by atoms with Crippen LogP contribution in [0.4, 0.5) is 0 Å². The molecule has 2 N–H and O–H groups in total. The maximum atomic E-state index is 13.0. The summed E-state index contributed by atoms with van der Waals surface area (Å²) in [4.78, 5) is 25.5. The maximum absolute atomic E-state index is 13.0. The molecule has 0 aliphatic carbocycles. The van der Waals surface area contributed by atoms with Gasteiger partial charge in [-0.15, -0.1) is 0 Å². The first-order chi connectivity index (χ1) is 31.5. The molecule has 0 heterocycles. The number of phosphoric acid groups is 1. The van der Waals surface area contributed by atoms with Crippen molar-refractivity contribution in [1.29, 1.82) is 0 Å². The number of likely N-dealkylation sites (N-methyl/N-ethyl adjacent to an activating group) is 1. The summed E-state index contributed by atoms with van der Waals surface area (Å²) < 4.78 is 23.4. The predicted octanol–water partition coefficient (Wildman–Crippen LogP) is 16.2. The molecular formula is C56H111N2O6P. The molecule has 65 heavy (non-hydrogen) atoms. The number of quaternary nitrogens is 1. The summed E-state index contributed by atoms with van der Waals surface area (Å²) in [6.45, 7) is 4.73. The number of allylic oxidation sites excluding steroid dienone is 4. The van der Waals surface area contributed by atoms with E-state index in [0.29, 0.717) is 23.9 Å². The number of rotatable bonds is 52. The van der Waals surface area contributed by atoms with Crippen LogP contribution in [-0.2, 0) is 18.4 Å². The Kier molecular flexibility index (Phi) is 47.3. The second-order valence-electron chi connectivity index (χ2n) is 20.6. The van der Waals surface area contributed by atoms with Gasteiger partial charge in [0.25, 0.3) is 7.82 Å². The molecule has 0 aromatic rings. The smallest absolute Gasteiger partial charge is 0.268 e. The third kappa shape index (κ3) is 50.7. The molecule has 0 bridgehead atoms. The number of nitrogens with one attached hydrogen (secondary N) is 1. The molecule has 0 rings (SSSR count). The number of hydrogen-bond acceptors (Lipinski definition) is 6. The Morgan fingerprint density at radius 1 is 0.538 bits per heavy atom. The van der Waals surface area contributed by atoms with Gasteiger partial charge in [0.15, 0.2) is 0 Å². The van der Waals surface area contributed by atoms with Crippen molar-refractivity contribution in [2.75, 3.05) is 40.9 Å². The highest BCUT2D eigenvalue weighted by Gasteiger charge is 2.24. The van der Waals surface area contributed by atoms with E-state index in [4.69, 9.17) is 9.05 Å². The molecule has 1 amide bonds. The summed E-state index contributed by atoms with van der Waals surface area (Å²) in [5, 5.41) is 14.0. The molecule has 0 aliphatic heterocycles. The van der Waals surface area contributed by atoms with Gasteiger partial charge in [0.2, 0.25) is 5.91 Å². The summed E-state index contributed by atoms with van der Waals surface area (Å²) in [5.74, 6) is -0.166. The molecule has 0 spiro atoms. The molecule has 386 valence electrons. The maximum Gasteiger partial charge on any atom is 0.268 e. The average Bonchev–Trinajstić information content (AvgIpc) is 3.26. The Hall–Kier alpha value is -1.02. The lowest BCUT2D eigenvalue weighted by Gasteiger charge is -2.30. The van der Waals surface area contributed by atoms with E-state index >= 15 is 0 Å². The van der Waals surface area contributed by atoms with Crippen LogP contribution in [0.5, 0.6) is 0 Å². The molecular weight excluding hydrogens is 828 g/mol. The van der Waals surface area contributed by atoms with Crippen molar-refractivity contribution in [2.24, 2.45) is 0 Å².